The molecule has 0 aliphatic carbocycles. The normalized spacial score (nSPS) is 10.7. The number of aromatic nitrogens is 4. The zero-order chi connectivity index (χ0) is 14.5. The molecule has 20 heavy (non-hydrogen) atoms. The molecule has 7 heteroatoms. The van der Waals surface area contributed by atoms with Gasteiger partial charge in [-0.3, -0.25) is 9.78 Å². The SMILES string of the molecule is CCCn1c(SCC(=O)O)nnc1-c1ccnc(C)c1. The molecule has 2 aromatic heterocycles. The van der Waals surface area contributed by atoms with E-state index in [4.69, 9.17) is 5.11 Å². The van der Waals surface area contributed by atoms with E-state index in [9.17, 15) is 4.79 Å². The number of thioether (sulfide) groups is 1. The number of rotatable bonds is 6. The van der Waals surface area contributed by atoms with Crippen molar-refractivity contribution < 1.29 is 9.90 Å². The molecule has 0 unspecified atom stereocenters. The van der Waals surface area contributed by atoms with Crippen molar-refractivity contribution in [2.75, 3.05) is 5.75 Å². The largest absolute Gasteiger partial charge is 0.481 e. The van der Waals surface area contributed by atoms with Gasteiger partial charge in [0.15, 0.2) is 11.0 Å². The minimum Gasteiger partial charge on any atom is -0.481 e. The van der Waals surface area contributed by atoms with E-state index in [1.54, 1.807) is 6.20 Å². The first-order valence-corrected chi connectivity index (χ1v) is 7.31. The topological polar surface area (TPSA) is 80.9 Å². The van der Waals surface area contributed by atoms with Gasteiger partial charge in [-0.25, -0.2) is 0 Å². The zero-order valence-corrected chi connectivity index (χ0v) is 12.2. The van der Waals surface area contributed by atoms with E-state index in [1.165, 1.54) is 11.8 Å². The van der Waals surface area contributed by atoms with E-state index in [-0.39, 0.29) is 5.75 Å². The molecule has 0 amide bonds. The average Bonchev–Trinajstić information content (AvgIpc) is 2.80. The average molecular weight is 292 g/mol. The maximum absolute atomic E-state index is 10.7. The second-order valence-electron chi connectivity index (χ2n) is 4.33. The van der Waals surface area contributed by atoms with Gasteiger partial charge in [0.05, 0.1) is 5.75 Å². The molecule has 106 valence electrons. The van der Waals surface area contributed by atoms with Crippen LogP contribution in [0.2, 0.25) is 0 Å². The first kappa shape index (κ1) is 14.5. The molecule has 0 aromatic carbocycles. The Morgan fingerprint density at radius 1 is 1.45 bits per heavy atom. The second kappa shape index (κ2) is 6.51. The third-order valence-electron chi connectivity index (χ3n) is 2.64. The zero-order valence-electron chi connectivity index (χ0n) is 11.4. The molecule has 0 aliphatic heterocycles. The van der Waals surface area contributed by atoms with E-state index >= 15 is 0 Å². The van der Waals surface area contributed by atoms with E-state index < -0.39 is 5.97 Å². The Morgan fingerprint density at radius 3 is 2.90 bits per heavy atom. The smallest absolute Gasteiger partial charge is 0.313 e. The van der Waals surface area contributed by atoms with Crippen LogP contribution in [-0.4, -0.2) is 36.6 Å². The van der Waals surface area contributed by atoms with Gasteiger partial charge in [-0.05, 0) is 25.5 Å². The fourth-order valence-corrected chi connectivity index (χ4v) is 2.53. The predicted molar refractivity (Wildman–Crippen MR) is 76.6 cm³/mol. The molecule has 0 bridgehead atoms. The summed E-state index contributed by atoms with van der Waals surface area (Å²) in [6.45, 7) is 4.74. The lowest BCUT2D eigenvalue weighted by molar-refractivity contribution is -0.133. The molecule has 0 spiro atoms. The Bertz CT molecular complexity index is 612. The number of pyridine rings is 1. The highest BCUT2D eigenvalue weighted by Crippen LogP contribution is 2.24. The van der Waals surface area contributed by atoms with Crippen LogP contribution in [0.4, 0.5) is 0 Å². The van der Waals surface area contributed by atoms with Gasteiger partial charge in [-0.1, -0.05) is 18.7 Å². The molecule has 2 heterocycles. The van der Waals surface area contributed by atoms with Gasteiger partial charge in [0.1, 0.15) is 0 Å². The number of aryl methyl sites for hydroxylation is 1. The highest BCUT2D eigenvalue weighted by molar-refractivity contribution is 7.99. The van der Waals surface area contributed by atoms with Gasteiger partial charge < -0.3 is 9.67 Å². The minimum atomic E-state index is -0.859. The monoisotopic (exact) mass is 292 g/mol. The maximum Gasteiger partial charge on any atom is 0.313 e. The van der Waals surface area contributed by atoms with Crippen LogP contribution < -0.4 is 0 Å². The highest BCUT2D eigenvalue weighted by atomic mass is 32.2. The van der Waals surface area contributed by atoms with Crippen LogP contribution in [0.3, 0.4) is 0 Å². The summed E-state index contributed by atoms with van der Waals surface area (Å²) in [5.41, 5.74) is 1.86. The van der Waals surface area contributed by atoms with Crippen molar-refractivity contribution >= 4 is 17.7 Å². The number of nitrogens with zero attached hydrogens (tertiary/aromatic N) is 4. The maximum atomic E-state index is 10.7. The quantitative estimate of drug-likeness (QED) is 0.822. The molecule has 0 fully saturated rings. The second-order valence-corrected chi connectivity index (χ2v) is 5.27. The molecule has 6 nitrogen and oxygen atoms in total. The van der Waals surface area contributed by atoms with Crippen LogP contribution in [0.15, 0.2) is 23.5 Å². The van der Waals surface area contributed by atoms with Gasteiger partial charge in [0.25, 0.3) is 0 Å². The molecule has 2 rings (SSSR count). The summed E-state index contributed by atoms with van der Waals surface area (Å²) in [7, 11) is 0. The molecule has 0 saturated carbocycles. The summed E-state index contributed by atoms with van der Waals surface area (Å²) in [5.74, 6) is -0.121. The lowest BCUT2D eigenvalue weighted by Gasteiger charge is -2.08. The summed E-state index contributed by atoms with van der Waals surface area (Å²) in [5, 5.41) is 17.7. The van der Waals surface area contributed by atoms with Crippen LogP contribution in [0.5, 0.6) is 0 Å². The number of hydrogen-bond acceptors (Lipinski definition) is 5. The molecule has 0 saturated heterocycles. The van der Waals surface area contributed by atoms with Gasteiger partial charge in [-0.15, -0.1) is 10.2 Å². The third kappa shape index (κ3) is 3.36. The molecule has 1 N–H and O–H groups in total. The van der Waals surface area contributed by atoms with E-state index in [2.05, 4.69) is 22.1 Å². The van der Waals surface area contributed by atoms with Crippen LogP contribution in [-0.2, 0) is 11.3 Å². The number of aliphatic carboxylic acids is 1. The Balaban J connectivity index is 2.35. The minimum absolute atomic E-state index is 0.0166. The summed E-state index contributed by atoms with van der Waals surface area (Å²) in [6.07, 6.45) is 2.66. The Morgan fingerprint density at radius 2 is 2.25 bits per heavy atom. The number of hydrogen-bond donors (Lipinski definition) is 1. The van der Waals surface area contributed by atoms with E-state index in [0.29, 0.717) is 5.16 Å². The summed E-state index contributed by atoms with van der Waals surface area (Å²) in [4.78, 5) is 14.8. The number of carbonyl (C=O) groups is 1. The lowest BCUT2D eigenvalue weighted by Crippen LogP contribution is -2.04. The molecular formula is C13H16N4O2S. The fourth-order valence-electron chi connectivity index (χ4n) is 1.85. The molecule has 2 aromatic rings. The predicted octanol–water partition coefficient (Wildman–Crippen LogP) is 2.24. The van der Waals surface area contributed by atoms with Crippen LogP contribution in [0, 0.1) is 6.92 Å². The summed E-state index contributed by atoms with van der Waals surface area (Å²) < 4.78 is 1.96. The van der Waals surface area contributed by atoms with Crippen LogP contribution in [0.25, 0.3) is 11.4 Å². The van der Waals surface area contributed by atoms with Crippen molar-refractivity contribution in [2.24, 2.45) is 0 Å². The molecular weight excluding hydrogens is 276 g/mol. The third-order valence-corrected chi connectivity index (χ3v) is 3.60. The van der Waals surface area contributed by atoms with Crippen molar-refractivity contribution in [3.05, 3.63) is 24.0 Å². The van der Waals surface area contributed by atoms with Crippen molar-refractivity contribution in [3.63, 3.8) is 0 Å². The Labute approximate surface area is 121 Å². The Kier molecular flexibility index (Phi) is 4.73. The van der Waals surface area contributed by atoms with Crippen LogP contribution in [0.1, 0.15) is 19.0 Å². The molecule has 0 radical (unpaired) electrons. The van der Waals surface area contributed by atoms with Gasteiger partial charge in [0, 0.05) is 24.0 Å². The number of carboxylic acid groups (broad SMARTS) is 1. The van der Waals surface area contributed by atoms with Crippen molar-refractivity contribution in [2.45, 2.75) is 32.0 Å². The van der Waals surface area contributed by atoms with Crippen LogP contribution >= 0.6 is 11.8 Å². The Hall–Kier alpha value is -1.89. The van der Waals surface area contributed by atoms with E-state index in [0.717, 1.165) is 30.0 Å². The summed E-state index contributed by atoms with van der Waals surface area (Å²) >= 11 is 1.19. The first-order valence-electron chi connectivity index (χ1n) is 6.32. The molecule has 0 atom stereocenters. The first-order chi connectivity index (χ1) is 9.61. The van der Waals surface area contributed by atoms with Crippen molar-refractivity contribution in [1.29, 1.82) is 0 Å². The van der Waals surface area contributed by atoms with Gasteiger partial charge in [-0.2, -0.15) is 0 Å². The van der Waals surface area contributed by atoms with Crippen molar-refractivity contribution in [1.82, 2.24) is 19.7 Å². The lowest BCUT2D eigenvalue weighted by atomic mass is 10.2. The fraction of sp³-hybridized carbons (Fsp3) is 0.385. The highest BCUT2D eigenvalue weighted by Gasteiger charge is 2.15. The van der Waals surface area contributed by atoms with Gasteiger partial charge in [0.2, 0.25) is 0 Å². The molecule has 0 aliphatic rings. The number of carboxylic acids is 1. The van der Waals surface area contributed by atoms with Gasteiger partial charge >= 0.3 is 5.97 Å². The summed E-state index contributed by atoms with van der Waals surface area (Å²) in [6, 6.07) is 3.83. The van der Waals surface area contributed by atoms with Crippen molar-refractivity contribution in [3.8, 4) is 11.4 Å². The standard InChI is InChI=1S/C13H16N4O2S/c1-3-6-17-12(10-4-5-14-9(2)7-10)15-16-13(17)20-8-11(18)19/h4-5,7H,3,6,8H2,1-2H3,(H,18,19). The van der Waals surface area contributed by atoms with E-state index in [1.807, 2.05) is 23.6 Å².